The van der Waals surface area contributed by atoms with Gasteiger partial charge in [0.25, 0.3) is 5.69 Å². The fourth-order valence-electron chi connectivity index (χ4n) is 2.64. The van der Waals surface area contributed by atoms with Gasteiger partial charge in [-0.2, -0.15) is 4.31 Å². The van der Waals surface area contributed by atoms with E-state index in [1.54, 1.807) is 18.7 Å². The zero-order chi connectivity index (χ0) is 18.8. The first-order valence-corrected chi connectivity index (χ1v) is 9.29. The Hall–Kier alpha value is -2.04. The number of sulfonamides is 1. The average molecular weight is 370 g/mol. The quantitative estimate of drug-likeness (QED) is 0.588. The van der Waals surface area contributed by atoms with Gasteiger partial charge >= 0.3 is 0 Å². The van der Waals surface area contributed by atoms with Gasteiger partial charge in [0.2, 0.25) is 15.9 Å². The molecule has 1 N–H and O–H groups in total. The number of benzene rings is 1. The van der Waals surface area contributed by atoms with Crippen LogP contribution >= 0.6 is 0 Å². The number of nitrogens with zero attached hydrogens (tertiary/aromatic N) is 3. The normalized spacial score (nSPS) is 15.4. The highest BCUT2D eigenvalue weighted by molar-refractivity contribution is 7.89. The molecule has 9 nitrogen and oxygen atoms in total. The molecule has 1 amide bonds. The van der Waals surface area contributed by atoms with Crippen LogP contribution in [0.3, 0.4) is 0 Å². The lowest BCUT2D eigenvalue weighted by Crippen LogP contribution is -2.49. The molecular weight excluding hydrogens is 348 g/mol. The lowest BCUT2D eigenvalue weighted by Gasteiger charge is -2.29. The maximum atomic E-state index is 12.8. The number of hydrogen-bond donors (Lipinski definition) is 1. The van der Waals surface area contributed by atoms with Crippen LogP contribution < -0.4 is 5.32 Å². The highest BCUT2D eigenvalue weighted by Gasteiger charge is 2.29. The number of aryl methyl sites for hydroxylation is 1. The Labute approximate surface area is 146 Å². The third-order valence-corrected chi connectivity index (χ3v) is 6.26. The van der Waals surface area contributed by atoms with Gasteiger partial charge in [0.15, 0.2) is 0 Å². The Balaban J connectivity index is 2.28. The van der Waals surface area contributed by atoms with Crippen molar-refractivity contribution in [2.45, 2.75) is 18.7 Å². The summed E-state index contributed by atoms with van der Waals surface area (Å²) in [4.78, 5) is 24.2. The van der Waals surface area contributed by atoms with Crippen LogP contribution in [0.1, 0.15) is 11.1 Å². The van der Waals surface area contributed by atoms with E-state index in [0.29, 0.717) is 37.3 Å². The van der Waals surface area contributed by atoms with Crippen molar-refractivity contribution in [2.24, 2.45) is 0 Å². The highest BCUT2D eigenvalue weighted by atomic mass is 32.2. The van der Waals surface area contributed by atoms with E-state index in [-0.39, 0.29) is 23.0 Å². The molecule has 1 heterocycles. The van der Waals surface area contributed by atoms with Crippen molar-refractivity contribution in [3.05, 3.63) is 33.4 Å². The number of carbonyl (C=O) groups is 1. The molecule has 0 aromatic heterocycles. The Morgan fingerprint density at radius 3 is 2.48 bits per heavy atom. The topological polar surface area (TPSA) is 113 Å². The fourth-order valence-corrected chi connectivity index (χ4v) is 4.07. The zero-order valence-electron chi connectivity index (χ0n) is 14.5. The number of amides is 1. The summed E-state index contributed by atoms with van der Waals surface area (Å²) in [5, 5.41) is 14.1. The lowest BCUT2D eigenvalue weighted by atomic mass is 10.1. The maximum absolute atomic E-state index is 12.8. The summed E-state index contributed by atoms with van der Waals surface area (Å²) in [7, 11) is -2.71. The molecule has 0 spiro atoms. The smallest absolute Gasteiger partial charge is 0.271 e. The molecule has 1 aromatic carbocycles. The summed E-state index contributed by atoms with van der Waals surface area (Å²) in [6, 6.07) is 2.38. The van der Waals surface area contributed by atoms with E-state index in [1.165, 1.54) is 13.1 Å². The van der Waals surface area contributed by atoms with Crippen LogP contribution in [0.25, 0.3) is 0 Å². The van der Waals surface area contributed by atoms with Gasteiger partial charge in [-0.3, -0.25) is 14.9 Å². The maximum Gasteiger partial charge on any atom is 0.271 e. The third kappa shape index (κ3) is 4.14. The van der Waals surface area contributed by atoms with Gasteiger partial charge in [-0.15, -0.1) is 0 Å². The molecule has 1 aliphatic heterocycles. The summed E-state index contributed by atoms with van der Waals surface area (Å²) in [6.07, 6.45) is 0. The third-order valence-electron chi connectivity index (χ3n) is 4.33. The van der Waals surface area contributed by atoms with Gasteiger partial charge in [0, 0.05) is 45.4 Å². The molecule has 10 heteroatoms. The molecule has 2 rings (SSSR count). The van der Waals surface area contributed by atoms with E-state index in [4.69, 9.17) is 0 Å². The molecule has 1 fully saturated rings. The van der Waals surface area contributed by atoms with E-state index >= 15 is 0 Å². The molecular formula is C15H22N4O5S. The number of likely N-dealkylation sites (N-methyl/N-ethyl adjacent to an activating group) is 1. The Bertz CT molecular complexity index is 787. The van der Waals surface area contributed by atoms with Crippen LogP contribution in [-0.4, -0.2) is 68.2 Å². The van der Waals surface area contributed by atoms with Crippen LogP contribution in [0.2, 0.25) is 0 Å². The number of rotatable bonds is 5. The molecule has 0 aliphatic carbocycles. The number of piperazine rings is 1. The number of nitrogens with one attached hydrogen (secondary N) is 1. The molecule has 1 saturated heterocycles. The molecule has 0 bridgehead atoms. The molecule has 0 atom stereocenters. The first kappa shape index (κ1) is 19.3. The largest absolute Gasteiger partial charge is 0.339 e. The van der Waals surface area contributed by atoms with Crippen molar-refractivity contribution in [1.82, 2.24) is 14.5 Å². The minimum absolute atomic E-state index is 0.144. The molecule has 0 radical (unpaired) electrons. The minimum Gasteiger partial charge on any atom is -0.339 e. The van der Waals surface area contributed by atoms with Crippen molar-refractivity contribution in [3.8, 4) is 0 Å². The number of hydrogen-bond acceptors (Lipinski definition) is 6. The van der Waals surface area contributed by atoms with Crippen LogP contribution in [0.4, 0.5) is 5.69 Å². The predicted octanol–water partition coefficient (Wildman–Crippen LogP) is 0.264. The van der Waals surface area contributed by atoms with Crippen LogP contribution in [0.15, 0.2) is 17.0 Å². The lowest BCUT2D eigenvalue weighted by molar-refractivity contribution is -0.385. The van der Waals surface area contributed by atoms with Crippen molar-refractivity contribution < 1.29 is 18.1 Å². The first-order chi connectivity index (χ1) is 11.6. The number of nitro benzene ring substituents is 1. The van der Waals surface area contributed by atoms with Gasteiger partial charge in [-0.1, -0.05) is 0 Å². The Morgan fingerprint density at radius 1 is 1.32 bits per heavy atom. The second-order valence-electron chi connectivity index (χ2n) is 6.03. The van der Waals surface area contributed by atoms with Crippen molar-refractivity contribution >= 4 is 21.6 Å². The van der Waals surface area contributed by atoms with Crippen LogP contribution in [0, 0.1) is 24.0 Å². The molecule has 138 valence electrons. The highest BCUT2D eigenvalue weighted by Crippen LogP contribution is 2.27. The van der Waals surface area contributed by atoms with Gasteiger partial charge in [0.05, 0.1) is 16.4 Å². The van der Waals surface area contributed by atoms with Crippen LogP contribution in [-0.2, 0) is 14.8 Å². The summed E-state index contributed by atoms with van der Waals surface area (Å²) >= 11 is 0. The Morgan fingerprint density at radius 2 is 1.92 bits per heavy atom. The van der Waals surface area contributed by atoms with Gasteiger partial charge in [-0.25, -0.2) is 8.42 Å². The summed E-state index contributed by atoms with van der Waals surface area (Å²) < 4.78 is 26.6. The summed E-state index contributed by atoms with van der Waals surface area (Å²) in [5.41, 5.74) is 0.658. The monoisotopic (exact) mass is 370 g/mol. The van der Waals surface area contributed by atoms with Gasteiger partial charge < -0.3 is 10.2 Å². The fraction of sp³-hybridized carbons (Fsp3) is 0.533. The minimum atomic E-state index is -4.02. The second-order valence-corrected chi connectivity index (χ2v) is 8.05. The molecule has 25 heavy (non-hydrogen) atoms. The molecule has 0 saturated carbocycles. The SMILES string of the molecule is Cc1cc([N+](=O)[O-])cc(S(=O)(=O)N(C)CC(=O)N2CCNCC2)c1C. The van der Waals surface area contributed by atoms with E-state index < -0.39 is 14.9 Å². The average Bonchev–Trinajstić information content (AvgIpc) is 2.57. The number of nitro groups is 1. The van der Waals surface area contributed by atoms with Crippen LogP contribution in [0.5, 0.6) is 0 Å². The van der Waals surface area contributed by atoms with Crippen molar-refractivity contribution in [1.29, 1.82) is 0 Å². The van der Waals surface area contributed by atoms with Gasteiger partial charge in [0.1, 0.15) is 0 Å². The molecule has 1 aromatic rings. The van der Waals surface area contributed by atoms with Crippen molar-refractivity contribution in [2.75, 3.05) is 39.8 Å². The molecule has 1 aliphatic rings. The summed E-state index contributed by atoms with van der Waals surface area (Å²) in [5.74, 6) is -0.285. The van der Waals surface area contributed by atoms with E-state index in [0.717, 1.165) is 10.4 Å². The first-order valence-electron chi connectivity index (χ1n) is 7.85. The Kier molecular flexibility index (Phi) is 5.76. The summed E-state index contributed by atoms with van der Waals surface area (Å²) in [6.45, 7) is 5.31. The predicted molar refractivity (Wildman–Crippen MR) is 91.8 cm³/mol. The van der Waals surface area contributed by atoms with E-state index in [9.17, 15) is 23.3 Å². The van der Waals surface area contributed by atoms with Gasteiger partial charge in [-0.05, 0) is 25.0 Å². The number of carbonyl (C=O) groups excluding carboxylic acids is 1. The van der Waals surface area contributed by atoms with E-state index in [1.807, 2.05) is 0 Å². The van der Waals surface area contributed by atoms with Crippen molar-refractivity contribution in [3.63, 3.8) is 0 Å². The zero-order valence-corrected chi connectivity index (χ0v) is 15.3. The number of non-ortho nitro benzene ring substituents is 1. The second kappa shape index (κ2) is 7.46. The standard InChI is InChI=1S/C15H22N4O5S/c1-11-8-13(19(21)22)9-14(12(11)2)25(23,24)17(3)10-15(20)18-6-4-16-5-7-18/h8-9,16H,4-7,10H2,1-3H3. The molecule has 0 unspecified atom stereocenters. The van der Waals surface area contributed by atoms with E-state index in [2.05, 4.69) is 5.32 Å².